The Hall–Kier alpha value is -0.0800. The maximum atomic E-state index is 5.83. The van der Waals surface area contributed by atoms with E-state index in [0.29, 0.717) is 0 Å². The second-order valence-corrected chi connectivity index (χ2v) is 3.33. The van der Waals surface area contributed by atoms with Crippen molar-refractivity contribution in [1.82, 2.24) is 0 Å². The fourth-order valence-corrected chi connectivity index (χ4v) is 1.12. The van der Waals surface area contributed by atoms with Gasteiger partial charge in [-0.05, 0) is 12.8 Å². The smallest absolute Gasteiger partial charge is 0.0617 e. The minimum atomic E-state index is 0.253. The minimum Gasteiger partial charge on any atom is -0.380 e. The van der Waals surface area contributed by atoms with Gasteiger partial charge in [-0.2, -0.15) is 0 Å². The molecule has 0 aliphatic rings. The predicted molar refractivity (Wildman–Crippen MR) is 53.2 cm³/mol. The molecule has 0 aromatic carbocycles. The summed E-state index contributed by atoms with van der Waals surface area (Å²) in [6, 6.07) is 0.253. The van der Waals surface area contributed by atoms with Gasteiger partial charge in [0.25, 0.3) is 0 Å². The molecule has 0 saturated heterocycles. The predicted octanol–water partition coefficient (Wildman–Crippen LogP) is 2.32. The summed E-state index contributed by atoms with van der Waals surface area (Å²) in [6.07, 6.45) is 6.00. The normalized spacial score (nSPS) is 13.2. The highest BCUT2D eigenvalue weighted by Gasteiger charge is 2.00. The van der Waals surface area contributed by atoms with Crippen molar-refractivity contribution in [1.29, 1.82) is 0 Å². The molecule has 0 spiro atoms. The van der Waals surface area contributed by atoms with Gasteiger partial charge in [0.1, 0.15) is 0 Å². The first kappa shape index (κ1) is 11.9. The largest absolute Gasteiger partial charge is 0.380 e. The lowest BCUT2D eigenvalue weighted by atomic mass is 10.1. The molecular formula is C10H23NO. The van der Waals surface area contributed by atoms with Gasteiger partial charge < -0.3 is 10.5 Å². The van der Waals surface area contributed by atoms with Crippen LogP contribution in [0.25, 0.3) is 0 Å². The van der Waals surface area contributed by atoms with E-state index in [4.69, 9.17) is 10.5 Å². The average Bonchev–Trinajstić information content (AvgIpc) is 2.06. The van der Waals surface area contributed by atoms with E-state index in [1.165, 1.54) is 19.3 Å². The van der Waals surface area contributed by atoms with Crippen LogP contribution < -0.4 is 5.73 Å². The van der Waals surface area contributed by atoms with Crippen molar-refractivity contribution in [2.45, 2.75) is 52.0 Å². The molecule has 2 nitrogen and oxygen atoms in total. The molecule has 0 amide bonds. The fourth-order valence-electron chi connectivity index (χ4n) is 1.12. The van der Waals surface area contributed by atoms with Crippen LogP contribution in [0.1, 0.15) is 46.0 Å². The summed E-state index contributed by atoms with van der Waals surface area (Å²) in [5.74, 6) is 0. The van der Waals surface area contributed by atoms with Gasteiger partial charge in [-0.25, -0.2) is 0 Å². The highest BCUT2D eigenvalue weighted by atomic mass is 16.5. The molecule has 0 aliphatic carbocycles. The zero-order valence-corrected chi connectivity index (χ0v) is 8.51. The van der Waals surface area contributed by atoms with E-state index in [1.807, 2.05) is 0 Å². The molecule has 1 unspecified atom stereocenters. The maximum absolute atomic E-state index is 5.83. The number of unbranched alkanes of at least 4 members (excludes halogenated alkanes) is 2. The summed E-state index contributed by atoms with van der Waals surface area (Å²) in [4.78, 5) is 0. The highest BCUT2D eigenvalue weighted by Crippen LogP contribution is 2.01. The SMILES string of the molecule is CCCCCC(N)COCCC. The Kier molecular flexibility index (Phi) is 8.95. The third kappa shape index (κ3) is 8.02. The quantitative estimate of drug-likeness (QED) is 0.572. The Bertz CT molecular complexity index is 75.9. The number of rotatable bonds is 8. The standard InChI is InChI=1S/C10H23NO/c1-3-5-6-7-10(11)9-12-8-4-2/h10H,3-9,11H2,1-2H3. The van der Waals surface area contributed by atoms with Crippen molar-refractivity contribution in [3.05, 3.63) is 0 Å². The van der Waals surface area contributed by atoms with Crippen LogP contribution in [0, 0.1) is 0 Å². The maximum Gasteiger partial charge on any atom is 0.0617 e. The lowest BCUT2D eigenvalue weighted by Gasteiger charge is -2.10. The van der Waals surface area contributed by atoms with E-state index >= 15 is 0 Å². The Labute approximate surface area is 76.5 Å². The van der Waals surface area contributed by atoms with Gasteiger partial charge in [-0.3, -0.25) is 0 Å². The third-order valence-electron chi connectivity index (χ3n) is 1.86. The van der Waals surface area contributed by atoms with Crippen LogP contribution in [-0.2, 0) is 4.74 Å². The monoisotopic (exact) mass is 173 g/mol. The highest BCUT2D eigenvalue weighted by molar-refractivity contribution is 4.59. The molecule has 0 fully saturated rings. The molecule has 0 aromatic heterocycles. The van der Waals surface area contributed by atoms with Crippen LogP contribution in [0.4, 0.5) is 0 Å². The number of ether oxygens (including phenoxy) is 1. The van der Waals surface area contributed by atoms with Gasteiger partial charge in [0.2, 0.25) is 0 Å². The van der Waals surface area contributed by atoms with Gasteiger partial charge in [0.15, 0.2) is 0 Å². The van der Waals surface area contributed by atoms with E-state index in [-0.39, 0.29) is 6.04 Å². The average molecular weight is 173 g/mol. The molecule has 0 bridgehead atoms. The molecule has 0 heterocycles. The van der Waals surface area contributed by atoms with Crippen molar-refractivity contribution < 1.29 is 4.74 Å². The van der Waals surface area contributed by atoms with Crippen molar-refractivity contribution >= 4 is 0 Å². The summed E-state index contributed by atoms with van der Waals surface area (Å²) in [5.41, 5.74) is 5.83. The molecule has 0 radical (unpaired) electrons. The summed E-state index contributed by atoms with van der Waals surface area (Å²) in [7, 11) is 0. The summed E-state index contributed by atoms with van der Waals surface area (Å²) in [6.45, 7) is 5.90. The lowest BCUT2D eigenvalue weighted by Crippen LogP contribution is -2.26. The topological polar surface area (TPSA) is 35.2 Å². The van der Waals surface area contributed by atoms with Crippen LogP contribution in [0.3, 0.4) is 0 Å². The minimum absolute atomic E-state index is 0.253. The van der Waals surface area contributed by atoms with Crippen LogP contribution >= 0.6 is 0 Å². The number of hydrogen-bond donors (Lipinski definition) is 1. The first-order valence-electron chi connectivity index (χ1n) is 5.14. The molecule has 2 heteroatoms. The Morgan fingerprint density at radius 2 is 1.92 bits per heavy atom. The molecule has 0 aliphatic heterocycles. The van der Waals surface area contributed by atoms with Crippen LogP contribution in [0.5, 0.6) is 0 Å². The molecule has 0 saturated carbocycles. The van der Waals surface area contributed by atoms with Crippen molar-refractivity contribution in [2.75, 3.05) is 13.2 Å². The Morgan fingerprint density at radius 3 is 2.50 bits per heavy atom. The second kappa shape index (κ2) is 9.01. The zero-order chi connectivity index (χ0) is 9.23. The van der Waals surface area contributed by atoms with E-state index in [9.17, 15) is 0 Å². The van der Waals surface area contributed by atoms with Gasteiger partial charge in [0, 0.05) is 12.6 Å². The third-order valence-corrected chi connectivity index (χ3v) is 1.86. The van der Waals surface area contributed by atoms with Crippen molar-refractivity contribution in [2.24, 2.45) is 5.73 Å². The summed E-state index contributed by atoms with van der Waals surface area (Å²) >= 11 is 0. The van der Waals surface area contributed by atoms with Crippen molar-refractivity contribution in [3.8, 4) is 0 Å². The first-order valence-corrected chi connectivity index (χ1v) is 5.14. The Morgan fingerprint density at radius 1 is 1.17 bits per heavy atom. The second-order valence-electron chi connectivity index (χ2n) is 3.33. The molecule has 12 heavy (non-hydrogen) atoms. The van der Waals surface area contributed by atoms with Gasteiger partial charge >= 0.3 is 0 Å². The van der Waals surface area contributed by atoms with Gasteiger partial charge in [-0.15, -0.1) is 0 Å². The number of hydrogen-bond acceptors (Lipinski definition) is 2. The zero-order valence-electron chi connectivity index (χ0n) is 8.51. The van der Waals surface area contributed by atoms with Gasteiger partial charge in [0.05, 0.1) is 6.61 Å². The molecule has 0 rings (SSSR count). The van der Waals surface area contributed by atoms with Crippen molar-refractivity contribution in [3.63, 3.8) is 0 Å². The van der Waals surface area contributed by atoms with E-state index in [0.717, 1.165) is 26.1 Å². The van der Waals surface area contributed by atoms with E-state index in [1.54, 1.807) is 0 Å². The molecular weight excluding hydrogens is 150 g/mol. The molecule has 74 valence electrons. The summed E-state index contributed by atoms with van der Waals surface area (Å²) < 4.78 is 5.35. The fraction of sp³-hybridized carbons (Fsp3) is 1.00. The van der Waals surface area contributed by atoms with E-state index in [2.05, 4.69) is 13.8 Å². The van der Waals surface area contributed by atoms with Crippen LogP contribution in [-0.4, -0.2) is 19.3 Å². The Balaban J connectivity index is 3.04. The molecule has 2 N–H and O–H groups in total. The summed E-state index contributed by atoms with van der Waals surface area (Å²) in [5, 5.41) is 0. The lowest BCUT2D eigenvalue weighted by molar-refractivity contribution is 0.118. The molecule has 0 aromatic rings. The van der Waals surface area contributed by atoms with Gasteiger partial charge in [-0.1, -0.05) is 33.1 Å². The van der Waals surface area contributed by atoms with E-state index < -0.39 is 0 Å². The first-order chi connectivity index (χ1) is 5.81. The van der Waals surface area contributed by atoms with Crippen LogP contribution in [0.2, 0.25) is 0 Å². The number of nitrogens with two attached hydrogens (primary N) is 1. The molecule has 1 atom stereocenters. The van der Waals surface area contributed by atoms with Crippen LogP contribution in [0.15, 0.2) is 0 Å².